The molecule has 0 aromatic heterocycles. The van der Waals surface area contributed by atoms with E-state index < -0.39 is 6.10 Å². The lowest BCUT2D eigenvalue weighted by Gasteiger charge is -2.36. The Hall–Kier alpha value is -0.980. The Labute approximate surface area is 151 Å². The first-order valence-corrected chi connectivity index (χ1v) is 9.62. The smallest absolute Gasteiger partial charge is 0.0900 e. The van der Waals surface area contributed by atoms with Gasteiger partial charge in [-0.05, 0) is 37.3 Å². The number of ether oxygens (including phenoxy) is 1. The van der Waals surface area contributed by atoms with Gasteiger partial charge in [0.2, 0.25) is 0 Å². The van der Waals surface area contributed by atoms with E-state index >= 15 is 0 Å². The van der Waals surface area contributed by atoms with Gasteiger partial charge in [-0.1, -0.05) is 24.3 Å². The number of β-amino-alcohol motifs (C(OH)–C–C–N with tert-alkyl or cyclic N) is 2. The van der Waals surface area contributed by atoms with Crippen molar-refractivity contribution in [1.82, 2.24) is 9.80 Å². The van der Waals surface area contributed by atoms with Crippen LogP contribution < -0.4 is 0 Å². The molecule has 140 valence electrons. The van der Waals surface area contributed by atoms with Crippen LogP contribution in [0.15, 0.2) is 24.3 Å². The zero-order chi connectivity index (χ0) is 17.6. The molecule has 1 fully saturated rings. The van der Waals surface area contributed by atoms with Gasteiger partial charge >= 0.3 is 0 Å². The maximum absolute atomic E-state index is 10.4. The molecule has 1 aliphatic heterocycles. The van der Waals surface area contributed by atoms with Crippen LogP contribution in [0.2, 0.25) is 0 Å². The van der Waals surface area contributed by atoms with E-state index in [9.17, 15) is 10.2 Å². The van der Waals surface area contributed by atoms with Gasteiger partial charge in [-0.2, -0.15) is 0 Å². The van der Waals surface area contributed by atoms with Crippen LogP contribution in [-0.2, 0) is 11.2 Å². The van der Waals surface area contributed by atoms with Gasteiger partial charge in [-0.15, -0.1) is 0 Å². The number of fused-ring (bicyclic) bond motifs is 1. The molecule has 2 aliphatic rings. The van der Waals surface area contributed by atoms with E-state index in [0.29, 0.717) is 13.2 Å². The van der Waals surface area contributed by atoms with E-state index in [-0.39, 0.29) is 12.2 Å². The van der Waals surface area contributed by atoms with Gasteiger partial charge in [-0.25, -0.2) is 0 Å². The Balaban J connectivity index is 1.40. The number of rotatable bonds is 7. The monoisotopic (exact) mass is 348 g/mol. The third-order valence-electron chi connectivity index (χ3n) is 5.26. The summed E-state index contributed by atoms with van der Waals surface area (Å²) in [5, 5.41) is 19.8. The highest BCUT2D eigenvalue weighted by molar-refractivity contribution is 5.31. The van der Waals surface area contributed by atoms with Gasteiger partial charge < -0.3 is 14.9 Å². The topological polar surface area (TPSA) is 56.2 Å². The fourth-order valence-electron chi connectivity index (χ4n) is 3.99. The number of aliphatic hydroxyl groups excluding tert-OH is 2. The minimum atomic E-state index is -0.447. The van der Waals surface area contributed by atoms with Crippen LogP contribution in [-0.4, -0.2) is 78.1 Å². The summed E-state index contributed by atoms with van der Waals surface area (Å²) in [7, 11) is 0. The maximum atomic E-state index is 10.4. The molecule has 3 unspecified atom stereocenters. The molecule has 0 radical (unpaired) electrons. The van der Waals surface area contributed by atoms with Gasteiger partial charge in [0.05, 0.1) is 24.9 Å². The molecule has 25 heavy (non-hydrogen) atoms. The van der Waals surface area contributed by atoms with Crippen molar-refractivity contribution in [3.8, 4) is 0 Å². The SMILES string of the molecule is CC(O)CN1CCN(CC(O)COC2CCCc3ccccc32)CC1. The lowest BCUT2D eigenvalue weighted by atomic mass is 9.89. The van der Waals surface area contributed by atoms with Crippen LogP contribution in [0.4, 0.5) is 0 Å². The second-order valence-corrected chi connectivity index (χ2v) is 7.52. The largest absolute Gasteiger partial charge is 0.392 e. The van der Waals surface area contributed by atoms with E-state index in [1.807, 2.05) is 6.92 Å². The van der Waals surface area contributed by atoms with Crippen molar-refractivity contribution in [2.45, 2.75) is 44.5 Å². The Morgan fingerprint density at radius 3 is 2.48 bits per heavy atom. The molecule has 1 aromatic rings. The number of hydrogen-bond acceptors (Lipinski definition) is 5. The van der Waals surface area contributed by atoms with Crippen molar-refractivity contribution in [2.75, 3.05) is 45.9 Å². The van der Waals surface area contributed by atoms with E-state index in [0.717, 1.165) is 52.0 Å². The summed E-state index contributed by atoms with van der Waals surface area (Å²) in [5.41, 5.74) is 2.69. The molecule has 3 rings (SSSR count). The Morgan fingerprint density at radius 2 is 1.76 bits per heavy atom. The Morgan fingerprint density at radius 1 is 1.08 bits per heavy atom. The van der Waals surface area contributed by atoms with Gasteiger partial charge in [0.25, 0.3) is 0 Å². The molecular formula is C20H32N2O3. The highest BCUT2D eigenvalue weighted by Gasteiger charge is 2.23. The second-order valence-electron chi connectivity index (χ2n) is 7.52. The summed E-state index contributed by atoms with van der Waals surface area (Å²) in [5.74, 6) is 0. The molecule has 1 aromatic carbocycles. The average molecular weight is 348 g/mol. The molecule has 1 aliphatic carbocycles. The fraction of sp³-hybridized carbons (Fsp3) is 0.700. The summed E-state index contributed by atoms with van der Waals surface area (Å²) in [4.78, 5) is 4.57. The van der Waals surface area contributed by atoms with E-state index in [1.165, 1.54) is 11.1 Å². The third kappa shape index (κ3) is 5.50. The molecule has 1 saturated heterocycles. The van der Waals surface area contributed by atoms with E-state index in [4.69, 9.17) is 4.74 Å². The van der Waals surface area contributed by atoms with Crippen LogP contribution in [0.25, 0.3) is 0 Å². The van der Waals surface area contributed by atoms with Crippen LogP contribution in [0, 0.1) is 0 Å². The second kappa shape index (κ2) is 9.10. The molecule has 2 N–H and O–H groups in total. The summed E-state index contributed by atoms with van der Waals surface area (Å²) in [6, 6.07) is 8.51. The molecule has 0 saturated carbocycles. The van der Waals surface area contributed by atoms with Crippen molar-refractivity contribution in [2.24, 2.45) is 0 Å². The first-order valence-electron chi connectivity index (χ1n) is 9.62. The number of aliphatic hydroxyl groups is 2. The first-order chi connectivity index (χ1) is 12.1. The normalized spacial score (nSPS) is 24.7. The predicted octanol–water partition coefficient (Wildman–Crippen LogP) is 1.44. The zero-order valence-corrected chi connectivity index (χ0v) is 15.3. The Bertz CT molecular complexity index is 529. The van der Waals surface area contributed by atoms with Gasteiger partial charge in [0, 0.05) is 39.3 Å². The number of piperazine rings is 1. The summed E-state index contributed by atoms with van der Waals surface area (Å²) in [6.45, 7) is 7.41. The molecule has 5 heteroatoms. The highest BCUT2D eigenvalue weighted by Crippen LogP contribution is 2.32. The number of hydrogen-bond donors (Lipinski definition) is 2. The van der Waals surface area contributed by atoms with Crippen molar-refractivity contribution >= 4 is 0 Å². The minimum absolute atomic E-state index is 0.127. The Kier molecular flexibility index (Phi) is 6.84. The zero-order valence-electron chi connectivity index (χ0n) is 15.3. The molecule has 0 spiro atoms. The molecule has 5 nitrogen and oxygen atoms in total. The van der Waals surface area contributed by atoms with E-state index in [2.05, 4.69) is 34.1 Å². The standard InChI is InChI=1S/C20H32N2O3/c1-16(23)13-21-9-11-22(12-10-21)14-18(24)15-25-20-8-4-6-17-5-2-3-7-19(17)20/h2-3,5,7,16,18,20,23-24H,4,6,8-15H2,1H3. The number of nitrogens with zero attached hydrogens (tertiary/aromatic N) is 2. The van der Waals surface area contributed by atoms with Crippen LogP contribution in [0.1, 0.15) is 37.0 Å². The first kappa shape index (κ1) is 18.8. The van der Waals surface area contributed by atoms with Crippen molar-refractivity contribution in [3.05, 3.63) is 35.4 Å². The van der Waals surface area contributed by atoms with Crippen LogP contribution in [0.3, 0.4) is 0 Å². The summed E-state index contributed by atoms with van der Waals surface area (Å²) < 4.78 is 6.07. The lowest BCUT2D eigenvalue weighted by molar-refractivity contribution is -0.0332. The highest BCUT2D eigenvalue weighted by atomic mass is 16.5. The number of benzene rings is 1. The maximum Gasteiger partial charge on any atom is 0.0900 e. The van der Waals surface area contributed by atoms with Gasteiger partial charge in [-0.3, -0.25) is 9.80 Å². The average Bonchev–Trinajstić information content (AvgIpc) is 2.61. The van der Waals surface area contributed by atoms with Crippen LogP contribution in [0.5, 0.6) is 0 Å². The quantitative estimate of drug-likeness (QED) is 0.781. The van der Waals surface area contributed by atoms with Crippen molar-refractivity contribution in [3.63, 3.8) is 0 Å². The number of aryl methyl sites for hydroxylation is 1. The predicted molar refractivity (Wildman–Crippen MR) is 98.6 cm³/mol. The molecule has 0 amide bonds. The molecule has 3 atom stereocenters. The molecular weight excluding hydrogens is 316 g/mol. The van der Waals surface area contributed by atoms with Gasteiger partial charge in [0.1, 0.15) is 0 Å². The van der Waals surface area contributed by atoms with E-state index in [1.54, 1.807) is 0 Å². The molecule has 1 heterocycles. The fourth-order valence-corrected chi connectivity index (χ4v) is 3.99. The lowest BCUT2D eigenvalue weighted by Crippen LogP contribution is -2.50. The molecule has 0 bridgehead atoms. The van der Waals surface area contributed by atoms with Crippen LogP contribution >= 0.6 is 0 Å². The van der Waals surface area contributed by atoms with Crippen molar-refractivity contribution < 1.29 is 14.9 Å². The van der Waals surface area contributed by atoms with Gasteiger partial charge in [0.15, 0.2) is 0 Å². The minimum Gasteiger partial charge on any atom is -0.392 e. The summed E-state index contributed by atoms with van der Waals surface area (Å²) >= 11 is 0. The third-order valence-corrected chi connectivity index (χ3v) is 5.26. The van der Waals surface area contributed by atoms with Crippen molar-refractivity contribution in [1.29, 1.82) is 0 Å². The summed E-state index contributed by atoms with van der Waals surface area (Å²) in [6.07, 6.45) is 2.74.